The van der Waals surface area contributed by atoms with Gasteiger partial charge in [0.2, 0.25) is 0 Å². The summed E-state index contributed by atoms with van der Waals surface area (Å²) in [7, 11) is 1.75. The van der Waals surface area contributed by atoms with Gasteiger partial charge in [0.1, 0.15) is 4.99 Å². The third kappa shape index (κ3) is 3.34. The van der Waals surface area contributed by atoms with E-state index in [0.29, 0.717) is 10.6 Å². The van der Waals surface area contributed by atoms with Crippen molar-refractivity contribution in [2.75, 3.05) is 11.9 Å². The standard InChI is InChI=1S/C15H13IN2OS/c1-18(13-7-5-10(6-8-13)14(17)20)15(19)11-3-2-4-12(16)9-11/h2-9H,1H3,(H2,17,20). The van der Waals surface area contributed by atoms with Crippen molar-refractivity contribution in [2.24, 2.45) is 5.73 Å². The van der Waals surface area contributed by atoms with Crippen LogP contribution in [0.25, 0.3) is 0 Å². The number of nitrogens with zero attached hydrogens (tertiary/aromatic N) is 1. The van der Waals surface area contributed by atoms with Gasteiger partial charge in [0.25, 0.3) is 5.91 Å². The Balaban J connectivity index is 2.24. The molecule has 20 heavy (non-hydrogen) atoms. The van der Waals surface area contributed by atoms with E-state index in [0.717, 1.165) is 14.8 Å². The lowest BCUT2D eigenvalue weighted by molar-refractivity contribution is 0.0993. The van der Waals surface area contributed by atoms with Gasteiger partial charge in [-0.2, -0.15) is 0 Å². The Hall–Kier alpha value is -1.47. The zero-order valence-electron chi connectivity index (χ0n) is 10.8. The Kier molecular flexibility index (Phi) is 4.72. The highest BCUT2D eigenvalue weighted by molar-refractivity contribution is 14.1. The quantitative estimate of drug-likeness (QED) is 0.641. The van der Waals surface area contributed by atoms with Crippen LogP contribution in [-0.2, 0) is 0 Å². The van der Waals surface area contributed by atoms with Gasteiger partial charge in [0.15, 0.2) is 0 Å². The van der Waals surface area contributed by atoms with Crippen LogP contribution in [0.15, 0.2) is 48.5 Å². The summed E-state index contributed by atoms with van der Waals surface area (Å²) in [6, 6.07) is 14.8. The summed E-state index contributed by atoms with van der Waals surface area (Å²) in [5.74, 6) is -0.0495. The van der Waals surface area contributed by atoms with Gasteiger partial charge < -0.3 is 10.6 Å². The Morgan fingerprint density at radius 1 is 1.15 bits per heavy atom. The number of anilines is 1. The summed E-state index contributed by atoms with van der Waals surface area (Å²) in [5, 5.41) is 0. The van der Waals surface area contributed by atoms with Gasteiger partial charge in [-0.15, -0.1) is 0 Å². The number of carbonyl (C=O) groups is 1. The van der Waals surface area contributed by atoms with Crippen molar-refractivity contribution >= 4 is 51.4 Å². The molecule has 0 atom stereocenters. The average Bonchev–Trinajstić information content (AvgIpc) is 2.46. The molecule has 2 aromatic carbocycles. The molecule has 0 heterocycles. The molecule has 0 fully saturated rings. The SMILES string of the molecule is CN(C(=O)c1cccc(I)c1)c1ccc(C(N)=S)cc1. The van der Waals surface area contributed by atoms with Crippen molar-refractivity contribution in [3.8, 4) is 0 Å². The molecule has 102 valence electrons. The first-order valence-electron chi connectivity index (χ1n) is 5.92. The van der Waals surface area contributed by atoms with Crippen molar-refractivity contribution in [3.05, 3.63) is 63.2 Å². The van der Waals surface area contributed by atoms with E-state index in [1.807, 2.05) is 48.5 Å². The molecular formula is C15H13IN2OS. The minimum Gasteiger partial charge on any atom is -0.389 e. The van der Waals surface area contributed by atoms with E-state index in [2.05, 4.69) is 22.6 Å². The molecule has 1 amide bonds. The van der Waals surface area contributed by atoms with Crippen LogP contribution in [-0.4, -0.2) is 17.9 Å². The van der Waals surface area contributed by atoms with Gasteiger partial charge in [-0.25, -0.2) is 0 Å². The molecule has 5 heteroatoms. The van der Waals surface area contributed by atoms with Crippen LogP contribution in [0.2, 0.25) is 0 Å². The molecule has 0 radical (unpaired) electrons. The molecule has 0 saturated carbocycles. The summed E-state index contributed by atoms with van der Waals surface area (Å²) >= 11 is 7.10. The van der Waals surface area contributed by atoms with Crippen LogP contribution in [0.5, 0.6) is 0 Å². The van der Waals surface area contributed by atoms with Gasteiger partial charge in [-0.1, -0.05) is 18.3 Å². The molecule has 0 bridgehead atoms. The Morgan fingerprint density at radius 2 is 1.80 bits per heavy atom. The van der Waals surface area contributed by atoms with Gasteiger partial charge in [-0.05, 0) is 65.1 Å². The molecule has 2 aromatic rings. The van der Waals surface area contributed by atoms with Gasteiger partial charge in [-0.3, -0.25) is 4.79 Å². The number of hydrogen-bond acceptors (Lipinski definition) is 2. The lowest BCUT2D eigenvalue weighted by Crippen LogP contribution is -2.26. The highest BCUT2D eigenvalue weighted by atomic mass is 127. The summed E-state index contributed by atoms with van der Waals surface area (Å²) < 4.78 is 1.03. The number of rotatable bonds is 3. The molecule has 2 N–H and O–H groups in total. The molecule has 0 aliphatic carbocycles. The maximum absolute atomic E-state index is 12.4. The van der Waals surface area contributed by atoms with Crippen LogP contribution >= 0.6 is 34.8 Å². The monoisotopic (exact) mass is 396 g/mol. The zero-order chi connectivity index (χ0) is 14.7. The smallest absolute Gasteiger partial charge is 0.258 e. The van der Waals surface area contributed by atoms with Crippen LogP contribution in [0.1, 0.15) is 15.9 Å². The second kappa shape index (κ2) is 6.32. The summed E-state index contributed by atoms with van der Waals surface area (Å²) in [4.78, 5) is 14.3. The number of nitrogens with two attached hydrogens (primary N) is 1. The number of benzene rings is 2. The van der Waals surface area contributed by atoms with Crippen LogP contribution in [0.4, 0.5) is 5.69 Å². The minimum atomic E-state index is -0.0495. The Labute approximate surface area is 136 Å². The van der Waals surface area contributed by atoms with Crippen molar-refractivity contribution in [1.29, 1.82) is 0 Å². The number of amides is 1. The topological polar surface area (TPSA) is 46.3 Å². The third-order valence-electron chi connectivity index (χ3n) is 2.92. The lowest BCUT2D eigenvalue weighted by atomic mass is 10.1. The fourth-order valence-electron chi connectivity index (χ4n) is 1.78. The minimum absolute atomic E-state index is 0.0495. The largest absolute Gasteiger partial charge is 0.389 e. The van der Waals surface area contributed by atoms with Gasteiger partial charge >= 0.3 is 0 Å². The normalized spacial score (nSPS) is 10.1. The van der Waals surface area contributed by atoms with Gasteiger partial charge in [0, 0.05) is 27.4 Å². The van der Waals surface area contributed by atoms with Crippen molar-refractivity contribution in [1.82, 2.24) is 0 Å². The zero-order valence-corrected chi connectivity index (χ0v) is 13.8. The number of carbonyl (C=O) groups excluding carboxylic acids is 1. The van der Waals surface area contributed by atoms with E-state index in [1.54, 1.807) is 11.9 Å². The predicted molar refractivity (Wildman–Crippen MR) is 94.2 cm³/mol. The molecule has 3 nitrogen and oxygen atoms in total. The van der Waals surface area contributed by atoms with Crippen LogP contribution in [0, 0.1) is 3.57 Å². The van der Waals surface area contributed by atoms with E-state index in [1.165, 1.54) is 0 Å². The summed E-state index contributed by atoms with van der Waals surface area (Å²) in [6.07, 6.45) is 0. The fraction of sp³-hybridized carbons (Fsp3) is 0.0667. The van der Waals surface area contributed by atoms with Crippen molar-refractivity contribution in [3.63, 3.8) is 0 Å². The first-order valence-corrected chi connectivity index (χ1v) is 7.41. The van der Waals surface area contributed by atoms with E-state index >= 15 is 0 Å². The molecule has 0 aromatic heterocycles. The highest BCUT2D eigenvalue weighted by Crippen LogP contribution is 2.17. The van der Waals surface area contributed by atoms with E-state index in [9.17, 15) is 4.79 Å². The maximum Gasteiger partial charge on any atom is 0.258 e. The number of hydrogen-bond donors (Lipinski definition) is 1. The lowest BCUT2D eigenvalue weighted by Gasteiger charge is -2.18. The second-order valence-corrected chi connectivity index (χ2v) is 5.97. The van der Waals surface area contributed by atoms with Crippen molar-refractivity contribution in [2.45, 2.75) is 0 Å². The maximum atomic E-state index is 12.4. The molecule has 0 spiro atoms. The second-order valence-electron chi connectivity index (χ2n) is 4.29. The summed E-state index contributed by atoms with van der Waals surface area (Å²) in [5.41, 5.74) is 7.81. The highest BCUT2D eigenvalue weighted by Gasteiger charge is 2.13. The third-order valence-corrected chi connectivity index (χ3v) is 3.82. The Morgan fingerprint density at radius 3 is 2.35 bits per heavy atom. The van der Waals surface area contributed by atoms with Crippen molar-refractivity contribution < 1.29 is 4.79 Å². The van der Waals surface area contributed by atoms with E-state index < -0.39 is 0 Å². The van der Waals surface area contributed by atoms with Crippen LogP contribution in [0.3, 0.4) is 0 Å². The molecule has 0 aliphatic heterocycles. The van der Waals surface area contributed by atoms with Crippen LogP contribution < -0.4 is 10.6 Å². The van der Waals surface area contributed by atoms with E-state index in [4.69, 9.17) is 18.0 Å². The molecule has 0 aliphatic rings. The molecular weight excluding hydrogens is 383 g/mol. The first kappa shape index (κ1) is 14.9. The average molecular weight is 396 g/mol. The van der Waals surface area contributed by atoms with E-state index in [-0.39, 0.29) is 5.91 Å². The number of halogens is 1. The van der Waals surface area contributed by atoms with Gasteiger partial charge in [0.05, 0.1) is 0 Å². The first-order chi connectivity index (χ1) is 9.49. The fourth-order valence-corrected chi connectivity index (χ4v) is 2.46. The molecule has 0 unspecified atom stereocenters. The molecule has 2 rings (SSSR count). The Bertz CT molecular complexity index is 655. The summed E-state index contributed by atoms with van der Waals surface area (Å²) in [6.45, 7) is 0. The predicted octanol–water partition coefficient (Wildman–Crippen LogP) is 3.20. The number of thiocarbonyl (C=S) groups is 1. The molecule has 0 saturated heterocycles.